The van der Waals surface area contributed by atoms with Crippen molar-refractivity contribution < 1.29 is 23.6 Å². The number of nitrogens with one attached hydrogen (secondary N) is 2. The fourth-order valence-electron chi connectivity index (χ4n) is 3.40. The van der Waals surface area contributed by atoms with E-state index >= 15 is 0 Å². The molecule has 10 nitrogen and oxygen atoms in total. The lowest BCUT2D eigenvalue weighted by atomic mass is 9.90. The zero-order valence-electron chi connectivity index (χ0n) is 21.4. The number of hydrogen-bond donors (Lipinski definition) is 4. The summed E-state index contributed by atoms with van der Waals surface area (Å²) in [5, 5.41) is 20.1. The van der Waals surface area contributed by atoms with Crippen molar-refractivity contribution in [2.75, 3.05) is 13.1 Å². The summed E-state index contributed by atoms with van der Waals surface area (Å²) < 4.78 is 24.5. The monoisotopic (exact) mass is 527 g/mol. The first kappa shape index (κ1) is 29.4. The van der Waals surface area contributed by atoms with Gasteiger partial charge >= 0.3 is 0 Å². The Morgan fingerprint density at radius 2 is 1.77 bits per heavy atom. The van der Waals surface area contributed by atoms with Gasteiger partial charge in [-0.05, 0) is 23.7 Å². The highest BCUT2D eigenvalue weighted by Gasteiger charge is 2.56. The molecule has 0 spiro atoms. The lowest BCUT2D eigenvalue weighted by Gasteiger charge is -2.43. The van der Waals surface area contributed by atoms with Crippen LogP contribution in [0.2, 0.25) is 0 Å². The normalized spacial score (nSPS) is 20.5. The van der Waals surface area contributed by atoms with Gasteiger partial charge in [-0.3, -0.25) is 14.1 Å². The van der Waals surface area contributed by atoms with Gasteiger partial charge in [0.25, 0.3) is 0 Å². The first-order chi connectivity index (χ1) is 16.1. The fraction of sp³-hybridized carbons (Fsp3) is 0.609. The molecule has 0 saturated carbocycles. The van der Waals surface area contributed by atoms with Crippen molar-refractivity contribution in [2.45, 2.75) is 65.8 Å². The predicted molar refractivity (Wildman–Crippen MR) is 138 cm³/mol. The van der Waals surface area contributed by atoms with E-state index in [1.165, 1.54) is 5.01 Å². The highest BCUT2D eigenvalue weighted by molar-refractivity contribution is 8.15. The number of carbonyl (C=O) groups excluding carboxylic acids is 2. The van der Waals surface area contributed by atoms with Crippen LogP contribution in [0, 0.1) is 10.8 Å². The van der Waals surface area contributed by atoms with Crippen LogP contribution in [-0.4, -0.2) is 60.2 Å². The molecule has 0 aliphatic carbocycles. The number of benzene rings is 1. The number of hydrogen-bond acceptors (Lipinski definition) is 7. The minimum Gasteiger partial charge on any atom is -0.314 e. The van der Waals surface area contributed by atoms with Gasteiger partial charge in [-0.15, -0.1) is 5.10 Å². The van der Waals surface area contributed by atoms with Crippen LogP contribution in [0.15, 0.2) is 35.4 Å². The van der Waals surface area contributed by atoms with Crippen molar-refractivity contribution in [1.29, 1.82) is 0 Å². The summed E-state index contributed by atoms with van der Waals surface area (Å²) in [6.07, 6.45) is 0.197. The van der Waals surface area contributed by atoms with Crippen LogP contribution < -0.4 is 10.0 Å². The van der Waals surface area contributed by atoms with Gasteiger partial charge in [0.1, 0.15) is 0 Å². The van der Waals surface area contributed by atoms with Crippen LogP contribution in [0.5, 0.6) is 0 Å². The van der Waals surface area contributed by atoms with Crippen LogP contribution in [0.4, 0.5) is 0 Å². The quantitative estimate of drug-likeness (QED) is 0.301. The van der Waals surface area contributed by atoms with Gasteiger partial charge in [-0.25, -0.2) is 13.9 Å². The van der Waals surface area contributed by atoms with E-state index in [2.05, 4.69) is 15.1 Å². The number of hydroxylamine groups is 2. The van der Waals surface area contributed by atoms with Crippen molar-refractivity contribution in [2.24, 2.45) is 15.9 Å². The standard InChI is InChI=1S/C23H37N5O5S2/c1-8-27(31)15-14-17(26-35(32)33)23(16-12-10-9-11-13-16)28(19(30)22(5,6)7)25-20(34-23)24-18(29)21(2,3)4/h9-13,17,26,31H,8,14-15H2,1-7H3,(H,32,33)(H,24,25,29). The molecule has 0 radical (unpaired) electrons. The molecule has 2 amide bonds. The summed E-state index contributed by atoms with van der Waals surface area (Å²) in [6.45, 7) is 12.9. The molecule has 0 fully saturated rings. The Morgan fingerprint density at radius 1 is 1.17 bits per heavy atom. The Morgan fingerprint density at radius 3 is 2.26 bits per heavy atom. The maximum Gasteiger partial charge on any atom is 0.249 e. The molecule has 3 atom stereocenters. The van der Waals surface area contributed by atoms with Gasteiger partial charge in [0.05, 0.1) is 6.04 Å². The Bertz CT molecular complexity index is 961. The number of nitrogens with zero attached hydrogens (tertiary/aromatic N) is 3. The second-order valence-corrected chi connectivity index (χ2v) is 12.3. The molecule has 3 unspecified atom stereocenters. The summed E-state index contributed by atoms with van der Waals surface area (Å²) in [6, 6.07) is 8.23. The van der Waals surface area contributed by atoms with E-state index in [1.54, 1.807) is 60.6 Å². The van der Waals surface area contributed by atoms with E-state index in [0.717, 1.165) is 16.8 Å². The van der Waals surface area contributed by atoms with E-state index in [4.69, 9.17) is 0 Å². The van der Waals surface area contributed by atoms with E-state index < -0.39 is 33.0 Å². The molecule has 2 rings (SSSR count). The smallest absolute Gasteiger partial charge is 0.249 e. The molecule has 0 aromatic heterocycles. The minimum atomic E-state index is -2.43. The van der Waals surface area contributed by atoms with E-state index in [0.29, 0.717) is 12.1 Å². The topological polar surface area (TPSA) is 135 Å². The molecule has 4 N–H and O–H groups in total. The molecule has 0 bridgehead atoms. The summed E-state index contributed by atoms with van der Waals surface area (Å²) in [5.74, 6) is -0.612. The summed E-state index contributed by atoms with van der Waals surface area (Å²) in [4.78, 5) is 25.2. The Labute approximate surface area is 214 Å². The largest absolute Gasteiger partial charge is 0.314 e. The Balaban J connectivity index is 2.71. The third kappa shape index (κ3) is 7.11. The molecular weight excluding hydrogens is 490 g/mol. The molecule has 1 aromatic carbocycles. The highest BCUT2D eigenvalue weighted by Crippen LogP contribution is 2.50. The van der Waals surface area contributed by atoms with Gasteiger partial charge < -0.3 is 10.5 Å². The number of hydrazone groups is 1. The van der Waals surface area contributed by atoms with Crippen LogP contribution >= 0.6 is 11.8 Å². The van der Waals surface area contributed by atoms with Gasteiger partial charge in [-0.1, -0.05) is 78.8 Å². The number of rotatable bonds is 8. The maximum absolute atomic E-state index is 13.7. The van der Waals surface area contributed by atoms with Gasteiger partial charge in [0.2, 0.25) is 23.1 Å². The Hall–Kier alpha value is -1.83. The SMILES string of the molecule is CCN(O)CCC(NS(=O)O)C1(c2ccccc2)SC(NC(=O)C(C)(C)C)=NN1C(=O)C(C)(C)C. The number of amides is 2. The van der Waals surface area contributed by atoms with Crippen molar-refractivity contribution in [3.05, 3.63) is 35.9 Å². The van der Waals surface area contributed by atoms with Crippen molar-refractivity contribution in [3.63, 3.8) is 0 Å². The van der Waals surface area contributed by atoms with Gasteiger partial charge in [0, 0.05) is 23.9 Å². The van der Waals surface area contributed by atoms with Crippen LogP contribution in [-0.2, 0) is 25.7 Å². The number of carbonyl (C=O) groups is 2. The van der Waals surface area contributed by atoms with E-state index in [1.807, 2.05) is 18.2 Å². The maximum atomic E-state index is 13.7. The third-order valence-corrected chi connectivity index (χ3v) is 7.30. The average molecular weight is 528 g/mol. The van der Waals surface area contributed by atoms with Gasteiger partial charge in [-0.2, -0.15) is 5.06 Å². The molecule has 12 heteroatoms. The van der Waals surface area contributed by atoms with Crippen molar-refractivity contribution in [1.82, 2.24) is 20.1 Å². The summed E-state index contributed by atoms with van der Waals surface area (Å²) >= 11 is -1.30. The van der Waals surface area contributed by atoms with Crippen molar-refractivity contribution in [3.8, 4) is 0 Å². The lowest BCUT2D eigenvalue weighted by molar-refractivity contribution is -0.144. The number of thioether (sulfide) groups is 1. The van der Waals surface area contributed by atoms with E-state index in [9.17, 15) is 23.6 Å². The fourth-order valence-corrected chi connectivity index (χ4v) is 5.35. The summed E-state index contributed by atoms with van der Waals surface area (Å²) in [5.41, 5.74) is -0.902. The Kier molecular flexibility index (Phi) is 9.65. The number of amidine groups is 1. The first-order valence-electron chi connectivity index (χ1n) is 11.4. The first-order valence-corrected chi connectivity index (χ1v) is 13.3. The molecule has 0 saturated heterocycles. The average Bonchev–Trinajstić information content (AvgIpc) is 3.14. The van der Waals surface area contributed by atoms with Gasteiger partial charge in [0.15, 0.2) is 10.0 Å². The zero-order valence-corrected chi connectivity index (χ0v) is 23.0. The zero-order chi connectivity index (χ0) is 26.6. The highest BCUT2D eigenvalue weighted by atomic mass is 32.2. The second-order valence-electron chi connectivity index (χ2n) is 10.4. The molecule has 1 aliphatic rings. The summed E-state index contributed by atoms with van der Waals surface area (Å²) in [7, 11) is 0. The lowest BCUT2D eigenvalue weighted by Crippen LogP contribution is -2.58. The minimum absolute atomic E-state index is 0.168. The third-order valence-electron chi connectivity index (χ3n) is 5.44. The van der Waals surface area contributed by atoms with Crippen molar-refractivity contribution >= 4 is 40.0 Å². The second kappa shape index (κ2) is 11.5. The molecule has 35 heavy (non-hydrogen) atoms. The predicted octanol–water partition coefficient (Wildman–Crippen LogP) is 3.09. The molecule has 1 heterocycles. The molecule has 1 aliphatic heterocycles. The van der Waals surface area contributed by atoms with Crippen LogP contribution in [0.3, 0.4) is 0 Å². The molecule has 196 valence electrons. The molecule has 1 aromatic rings. The molecular formula is C23H37N5O5S2. The van der Waals surface area contributed by atoms with Crippen LogP contribution in [0.25, 0.3) is 0 Å². The van der Waals surface area contributed by atoms with Crippen LogP contribution in [0.1, 0.15) is 60.5 Å². The van der Waals surface area contributed by atoms with E-state index in [-0.39, 0.29) is 29.9 Å².